The Hall–Kier alpha value is -1.91. The molecule has 1 aromatic carbocycles. The van der Waals surface area contributed by atoms with E-state index in [0.717, 1.165) is 12.5 Å². The Labute approximate surface area is 104 Å². The highest BCUT2D eigenvalue weighted by Crippen LogP contribution is 2.31. The summed E-state index contributed by atoms with van der Waals surface area (Å²) < 4.78 is 13.5. The number of carbonyl (C=O) groups excluding carboxylic acids is 1. The minimum absolute atomic E-state index is 0.115. The van der Waals surface area contributed by atoms with Gasteiger partial charge in [0.05, 0.1) is 11.1 Å². The maximum atomic E-state index is 13.5. The monoisotopic (exact) mass is 251 g/mol. The largest absolute Gasteiger partial charge is 0.478 e. The number of nitrogens with one attached hydrogen (secondary N) is 1. The SMILES string of the molecule is O=C(O)c1ccc(C(=O)NCCC2CC2)c(F)c1. The molecule has 0 aliphatic heterocycles. The first kappa shape index (κ1) is 12.5. The Morgan fingerprint density at radius 3 is 2.67 bits per heavy atom. The van der Waals surface area contributed by atoms with Crippen LogP contribution in [-0.4, -0.2) is 23.5 Å². The standard InChI is InChI=1S/C13H14FNO3/c14-11-7-9(13(17)18)3-4-10(11)12(16)15-6-5-8-1-2-8/h3-4,7-8H,1-2,5-6H2,(H,15,16)(H,17,18). The van der Waals surface area contributed by atoms with Crippen LogP contribution in [0.3, 0.4) is 0 Å². The van der Waals surface area contributed by atoms with E-state index in [1.807, 2.05) is 0 Å². The van der Waals surface area contributed by atoms with Gasteiger partial charge in [-0.2, -0.15) is 0 Å². The molecular formula is C13H14FNO3. The summed E-state index contributed by atoms with van der Waals surface area (Å²) in [6.45, 7) is 0.531. The minimum Gasteiger partial charge on any atom is -0.478 e. The van der Waals surface area contributed by atoms with Gasteiger partial charge in [0.1, 0.15) is 5.82 Å². The number of aromatic carboxylic acids is 1. The highest BCUT2D eigenvalue weighted by Gasteiger charge is 2.21. The van der Waals surface area contributed by atoms with Crippen LogP contribution in [0.5, 0.6) is 0 Å². The molecule has 5 heteroatoms. The van der Waals surface area contributed by atoms with Crippen LogP contribution in [-0.2, 0) is 0 Å². The van der Waals surface area contributed by atoms with Crippen molar-refractivity contribution in [3.63, 3.8) is 0 Å². The summed E-state index contributed by atoms with van der Waals surface area (Å²) in [5.41, 5.74) is -0.280. The molecule has 1 aliphatic carbocycles. The lowest BCUT2D eigenvalue weighted by Crippen LogP contribution is -2.25. The van der Waals surface area contributed by atoms with E-state index in [0.29, 0.717) is 12.5 Å². The summed E-state index contributed by atoms with van der Waals surface area (Å²) in [6, 6.07) is 3.28. The van der Waals surface area contributed by atoms with Crippen molar-refractivity contribution in [2.45, 2.75) is 19.3 Å². The molecule has 96 valence electrons. The molecule has 0 radical (unpaired) electrons. The minimum atomic E-state index is -1.21. The number of rotatable bonds is 5. The van der Waals surface area contributed by atoms with E-state index in [4.69, 9.17) is 5.11 Å². The second-order valence-corrected chi connectivity index (χ2v) is 4.49. The molecule has 1 fully saturated rings. The second-order valence-electron chi connectivity index (χ2n) is 4.49. The summed E-state index contributed by atoms with van der Waals surface area (Å²) in [7, 11) is 0. The van der Waals surface area contributed by atoms with Crippen LogP contribution in [0.25, 0.3) is 0 Å². The first-order chi connectivity index (χ1) is 8.58. The van der Waals surface area contributed by atoms with Crippen LogP contribution < -0.4 is 5.32 Å². The number of hydrogen-bond donors (Lipinski definition) is 2. The third kappa shape index (κ3) is 3.06. The molecule has 0 saturated heterocycles. The number of carbonyl (C=O) groups is 2. The first-order valence-electron chi connectivity index (χ1n) is 5.89. The van der Waals surface area contributed by atoms with Gasteiger partial charge in [0.25, 0.3) is 5.91 Å². The number of carboxylic acid groups (broad SMARTS) is 1. The van der Waals surface area contributed by atoms with Crippen molar-refractivity contribution in [3.05, 3.63) is 35.1 Å². The van der Waals surface area contributed by atoms with Gasteiger partial charge in [0.15, 0.2) is 0 Å². The molecule has 0 heterocycles. The molecular weight excluding hydrogens is 237 g/mol. The van der Waals surface area contributed by atoms with Gasteiger partial charge in [-0.05, 0) is 30.5 Å². The lowest BCUT2D eigenvalue weighted by atomic mass is 10.1. The fourth-order valence-electron chi connectivity index (χ4n) is 1.72. The van der Waals surface area contributed by atoms with Crippen molar-refractivity contribution < 1.29 is 19.1 Å². The van der Waals surface area contributed by atoms with Crippen molar-refractivity contribution >= 4 is 11.9 Å². The van der Waals surface area contributed by atoms with Gasteiger partial charge in [0, 0.05) is 6.54 Å². The average Bonchev–Trinajstić information content (AvgIpc) is 3.12. The lowest BCUT2D eigenvalue weighted by Gasteiger charge is -2.06. The summed E-state index contributed by atoms with van der Waals surface area (Å²) in [6.07, 6.45) is 3.33. The van der Waals surface area contributed by atoms with E-state index >= 15 is 0 Å². The van der Waals surface area contributed by atoms with E-state index in [1.165, 1.54) is 25.0 Å². The summed E-state index contributed by atoms with van der Waals surface area (Å²) in [4.78, 5) is 22.3. The van der Waals surface area contributed by atoms with Crippen LogP contribution >= 0.6 is 0 Å². The van der Waals surface area contributed by atoms with Crippen molar-refractivity contribution in [3.8, 4) is 0 Å². The fraction of sp³-hybridized carbons (Fsp3) is 0.385. The molecule has 1 saturated carbocycles. The predicted octanol–water partition coefficient (Wildman–Crippen LogP) is 2.05. The Balaban J connectivity index is 1.98. The third-order valence-corrected chi connectivity index (χ3v) is 3.00. The van der Waals surface area contributed by atoms with Gasteiger partial charge >= 0.3 is 5.97 Å². The Morgan fingerprint density at radius 1 is 1.39 bits per heavy atom. The predicted molar refractivity (Wildman–Crippen MR) is 63.0 cm³/mol. The van der Waals surface area contributed by atoms with Crippen LogP contribution in [0.2, 0.25) is 0 Å². The molecule has 1 aromatic rings. The number of halogens is 1. The van der Waals surface area contributed by atoms with Gasteiger partial charge in [-0.1, -0.05) is 12.8 Å². The zero-order valence-electron chi connectivity index (χ0n) is 9.78. The zero-order chi connectivity index (χ0) is 13.1. The fourth-order valence-corrected chi connectivity index (χ4v) is 1.72. The lowest BCUT2D eigenvalue weighted by molar-refractivity contribution is 0.0695. The quantitative estimate of drug-likeness (QED) is 0.841. The second kappa shape index (κ2) is 5.16. The molecule has 0 spiro atoms. The number of hydrogen-bond acceptors (Lipinski definition) is 2. The highest BCUT2D eigenvalue weighted by atomic mass is 19.1. The van der Waals surface area contributed by atoms with Crippen LogP contribution in [0.4, 0.5) is 4.39 Å². The van der Waals surface area contributed by atoms with Gasteiger partial charge in [-0.15, -0.1) is 0 Å². The molecule has 4 nitrogen and oxygen atoms in total. The Kier molecular flexibility index (Phi) is 3.60. The summed E-state index contributed by atoms with van der Waals surface area (Å²) in [5, 5.41) is 11.3. The van der Waals surface area contributed by atoms with Crippen molar-refractivity contribution in [1.29, 1.82) is 0 Å². The summed E-state index contributed by atoms with van der Waals surface area (Å²) in [5.74, 6) is -1.82. The molecule has 2 rings (SSSR count). The molecule has 1 aliphatic rings. The Morgan fingerprint density at radius 2 is 2.11 bits per heavy atom. The normalized spacial score (nSPS) is 14.3. The number of carboxylic acids is 1. The molecule has 0 unspecified atom stereocenters. The number of amides is 1. The molecule has 2 N–H and O–H groups in total. The molecule has 18 heavy (non-hydrogen) atoms. The van der Waals surface area contributed by atoms with Crippen LogP contribution in [0.1, 0.15) is 40.0 Å². The molecule has 1 amide bonds. The van der Waals surface area contributed by atoms with Gasteiger partial charge in [-0.25, -0.2) is 9.18 Å². The third-order valence-electron chi connectivity index (χ3n) is 3.00. The van der Waals surface area contributed by atoms with Crippen molar-refractivity contribution in [2.24, 2.45) is 5.92 Å². The van der Waals surface area contributed by atoms with Crippen molar-refractivity contribution in [1.82, 2.24) is 5.32 Å². The van der Waals surface area contributed by atoms with E-state index in [2.05, 4.69) is 5.32 Å². The summed E-state index contributed by atoms with van der Waals surface area (Å²) >= 11 is 0. The van der Waals surface area contributed by atoms with E-state index < -0.39 is 17.7 Å². The van der Waals surface area contributed by atoms with Crippen LogP contribution in [0, 0.1) is 11.7 Å². The van der Waals surface area contributed by atoms with E-state index in [9.17, 15) is 14.0 Å². The van der Waals surface area contributed by atoms with Gasteiger partial charge in [-0.3, -0.25) is 4.79 Å². The molecule has 0 bridgehead atoms. The molecule has 0 aromatic heterocycles. The topological polar surface area (TPSA) is 66.4 Å². The molecule has 0 atom stereocenters. The average molecular weight is 251 g/mol. The van der Waals surface area contributed by atoms with Crippen LogP contribution in [0.15, 0.2) is 18.2 Å². The van der Waals surface area contributed by atoms with Gasteiger partial charge in [0.2, 0.25) is 0 Å². The maximum absolute atomic E-state index is 13.5. The maximum Gasteiger partial charge on any atom is 0.335 e. The zero-order valence-corrected chi connectivity index (χ0v) is 9.78. The van der Waals surface area contributed by atoms with E-state index in [1.54, 1.807) is 0 Å². The highest BCUT2D eigenvalue weighted by molar-refractivity contribution is 5.96. The Bertz CT molecular complexity index is 483. The van der Waals surface area contributed by atoms with Crippen molar-refractivity contribution in [2.75, 3.05) is 6.54 Å². The number of benzene rings is 1. The van der Waals surface area contributed by atoms with Gasteiger partial charge < -0.3 is 10.4 Å². The smallest absolute Gasteiger partial charge is 0.335 e. The van der Waals surface area contributed by atoms with E-state index in [-0.39, 0.29) is 11.1 Å². The first-order valence-corrected chi connectivity index (χ1v) is 5.89.